The molecule has 1 aliphatic heterocycles. The van der Waals surface area contributed by atoms with Gasteiger partial charge in [-0.2, -0.15) is 5.10 Å². The number of nitrogens with zero attached hydrogens (tertiary/aromatic N) is 6. The number of hydrogen-bond acceptors (Lipinski definition) is 6. The van der Waals surface area contributed by atoms with Gasteiger partial charge in [-0.1, -0.05) is 23.7 Å². The molecule has 228 valence electrons. The number of fused-ring (bicyclic) bond motifs is 1. The van der Waals surface area contributed by atoms with Crippen LogP contribution in [0.3, 0.4) is 0 Å². The third-order valence-electron chi connectivity index (χ3n) is 7.68. The summed E-state index contributed by atoms with van der Waals surface area (Å²) in [6.07, 6.45) is 7.18. The molecule has 11 heteroatoms. The van der Waals surface area contributed by atoms with Crippen molar-refractivity contribution in [2.24, 2.45) is 7.05 Å². The number of nitrogens with one attached hydrogen (secondary N) is 1. The molecule has 0 bridgehead atoms. The van der Waals surface area contributed by atoms with E-state index in [1.54, 1.807) is 21.7 Å². The molecule has 0 saturated carbocycles. The van der Waals surface area contributed by atoms with Crippen LogP contribution in [0.2, 0.25) is 5.02 Å². The van der Waals surface area contributed by atoms with Crippen molar-refractivity contribution in [3.63, 3.8) is 0 Å². The Labute approximate surface area is 257 Å². The number of hydrogen-bond donors (Lipinski definition) is 1. The summed E-state index contributed by atoms with van der Waals surface area (Å²) >= 11 is 6.19. The molecule has 43 heavy (non-hydrogen) atoms. The zero-order chi connectivity index (χ0) is 30.9. The van der Waals surface area contributed by atoms with Gasteiger partial charge in [0.05, 0.1) is 17.8 Å². The van der Waals surface area contributed by atoms with Crippen LogP contribution in [-0.2, 0) is 16.6 Å². The van der Waals surface area contributed by atoms with E-state index in [1.807, 2.05) is 89.6 Å². The summed E-state index contributed by atoms with van der Waals surface area (Å²) in [4.78, 5) is 41.1. The molecular weight excluding hydrogens is 566 g/mol. The SMILES string of the molecule is CC(C)N(C[C@@H](C(=O)N1CCN(c2c(-c3cnn(C)c3)cnc3[nH]ccc23)CC1)c1ccc(Cl)cc1)C(=O)OC(C)(C)C. The molecule has 0 spiro atoms. The largest absolute Gasteiger partial charge is 0.444 e. The Morgan fingerprint density at radius 3 is 2.37 bits per heavy atom. The number of aromatic amines is 1. The predicted molar refractivity (Wildman–Crippen MR) is 169 cm³/mol. The summed E-state index contributed by atoms with van der Waals surface area (Å²) in [5.41, 5.74) is 4.06. The summed E-state index contributed by atoms with van der Waals surface area (Å²) in [6.45, 7) is 12.0. The second-order valence-electron chi connectivity index (χ2n) is 12.3. The van der Waals surface area contributed by atoms with E-state index in [0.29, 0.717) is 31.2 Å². The highest BCUT2D eigenvalue weighted by Gasteiger charge is 2.34. The molecule has 2 amide bonds. The average Bonchev–Trinajstić information content (AvgIpc) is 3.61. The molecule has 1 aliphatic rings. The minimum Gasteiger partial charge on any atom is -0.444 e. The normalized spacial score (nSPS) is 14.8. The Morgan fingerprint density at radius 2 is 1.77 bits per heavy atom. The maximum atomic E-state index is 14.2. The summed E-state index contributed by atoms with van der Waals surface area (Å²) in [5.74, 6) is -0.591. The summed E-state index contributed by atoms with van der Waals surface area (Å²) in [5, 5.41) is 5.99. The van der Waals surface area contributed by atoms with E-state index in [9.17, 15) is 9.59 Å². The van der Waals surface area contributed by atoms with Crippen molar-refractivity contribution in [1.29, 1.82) is 0 Å². The highest BCUT2D eigenvalue weighted by Crippen LogP contribution is 2.37. The van der Waals surface area contributed by atoms with Crippen molar-refractivity contribution in [2.75, 3.05) is 37.6 Å². The fourth-order valence-corrected chi connectivity index (χ4v) is 5.64. The molecule has 0 radical (unpaired) electrons. The molecule has 1 fully saturated rings. The van der Waals surface area contributed by atoms with E-state index < -0.39 is 17.6 Å². The lowest BCUT2D eigenvalue weighted by Crippen LogP contribution is -2.52. The number of H-pyrrole nitrogens is 1. The van der Waals surface area contributed by atoms with Gasteiger partial charge in [-0.3, -0.25) is 9.48 Å². The van der Waals surface area contributed by atoms with Gasteiger partial charge in [-0.15, -0.1) is 0 Å². The fourth-order valence-electron chi connectivity index (χ4n) is 5.51. The van der Waals surface area contributed by atoms with Crippen LogP contribution in [0.15, 0.2) is 55.1 Å². The number of ether oxygens (including phenoxy) is 1. The Morgan fingerprint density at radius 1 is 1.07 bits per heavy atom. The molecule has 5 rings (SSSR count). The molecule has 1 atom stereocenters. The highest BCUT2D eigenvalue weighted by atomic mass is 35.5. The van der Waals surface area contributed by atoms with Gasteiger partial charge in [0.25, 0.3) is 0 Å². The molecule has 1 N–H and O–H groups in total. The number of amides is 2. The summed E-state index contributed by atoms with van der Waals surface area (Å²) in [6, 6.07) is 9.20. The van der Waals surface area contributed by atoms with Crippen LogP contribution >= 0.6 is 11.6 Å². The van der Waals surface area contributed by atoms with Gasteiger partial charge in [-0.25, -0.2) is 9.78 Å². The van der Waals surface area contributed by atoms with Crippen LogP contribution in [0.4, 0.5) is 10.5 Å². The van der Waals surface area contributed by atoms with Crippen molar-refractivity contribution < 1.29 is 14.3 Å². The molecule has 10 nitrogen and oxygen atoms in total. The Bertz CT molecular complexity index is 1580. The zero-order valence-corrected chi connectivity index (χ0v) is 26.4. The number of aryl methyl sites for hydroxylation is 1. The highest BCUT2D eigenvalue weighted by molar-refractivity contribution is 6.30. The van der Waals surface area contributed by atoms with Gasteiger partial charge in [0.1, 0.15) is 11.2 Å². The maximum Gasteiger partial charge on any atom is 0.410 e. The van der Waals surface area contributed by atoms with Gasteiger partial charge >= 0.3 is 6.09 Å². The number of carbonyl (C=O) groups is 2. The first-order valence-electron chi connectivity index (χ1n) is 14.6. The fraction of sp³-hybridized carbons (Fsp3) is 0.438. The van der Waals surface area contributed by atoms with Crippen LogP contribution in [-0.4, -0.2) is 85.9 Å². The number of anilines is 1. The lowest BCUT2D eigenvalue weighted by Gasteiger charge is -2.39. The van der Waals surface area contributed by atoms with E-state index in [2.05, 4.69) is 20.0 Å². The van der Waals surface area contributed by atoms with Crippen molar-refractivity contribution >= 4 is 40.3 Å². The van der Waals surface area contributed by atoms with E-state index in [4.69, 9.17) is 16.3 Å². The number of pyridine rings is 1. The maximum absolute atomic E-state index is 14.2. The summed E-state index contributed by atoms with van der Waals surface area (Å²) in [7, 11) is 1.90. The van der Waals surface area contributed by atoms with E-state index in [-0.39, 0.29) is 18.5 Å². The molecule has 4 heterocycles. The first-order valence-corrected chi connectivity index (χ1v) is 15.0. The molecule has 1 saturated heterocycles. The number of benzene rings is 1. The molecule has 0 unspecified atom stereocenters. The second kappa shape index (κ2) is 12.3. The number of carbonyl (C=O) groups excluding carboxylic acids is 2. The van der Waals surface area contributed by atoms with Crippen LogP contribution in [0.5, 0.6) is 0 Å². The predicted octanol–water partition coefficient (Wildman–Crippen LogP) is 5.69. The number of aromatic nitrogens is 4. The molecular formula is C32H40ClN7O3. The molecule has 1 aromatic carbocycles. The Kier molecular flexibility index (Phi) is 8.69. The zero-order valence-electron chi connectivity index (χ0n) is 25.7. The van der Waals surface area contributed by atoms with Crippen molar-refractivity contribution in [1.82, 2.24) is 29.5 Å². The second-order valence-corrected chi connectivity index (χ2v) is 12.7. The quantitative estimate of drug-likeness (QED) is 0.290. The molecule has 4 aromatic rings. The van der Waals surface area contributed by atoms with Crippen molar-refractivity contribution in [3.05, 3.63) is 65.7 Å². The van der Waals surface area contributed by atoms with Crippen LogP contribution in [0, 0.1) is 0 Å². The van der Waals surface area contributed by atoms with Crippen LogP contribution in [0.1, 0.15) is 46.1 Å². The van der Waals surface area contributed by atoms with Crippen molar-refractivity contribution in [2.45, 2.75) is 52.2 Å². The number of rotatable bonds is 7. The Balaban J connectivity index is 1.39. The topological polar surface area (TPSA) is 99.6 Å². The number of halogens is 1. The third kappa shape index (κ3) is 6.80. The van der Waals surface area contributed by atoms with Crippen LogP contribution < -0.4 is 4.90 Å². The average molecular weight is 606 g/mol. The van der Waals surface area contributed by atoms with Gasteiger partial charge in [0.15, 0.2) is 0 Å². The monoisotopic (exact) mass is 605 g/mol. The lowest BCUT2D eigenvalue weighted by molar-refractivity contribution is -0.133. The Hall–Kier alpha value is -4.05. The lowest BCUT2D eigenvalue weighted by atomic mass is 9.96. The first-order chi connectivity index (χ1) is 20.4. The summed E-state index contributed by atoms with van der Waals surface area (Å²) < 4.78 is 7.49. The van der Waals surface area contributed by atoms with Gasteiger partial charge < -0.3 is 24.4 Å². The van der Waals surface area contributed by atoms with E-state index in [1.165, 1.54) is 0 Å². The van der Waals surface area contributed by atoms with Gasteiger partial charge in [0, 0.05) is 85.9 Å². The standard InChI is InChI=1S/C32H40ClN7O3/c1-21(2)40(31(42)43-32(3,4)5)20-27(22-7-9-24(33)10-8-22)30(41)39-15-13-38(14-16-39)28-25-11-12-34-29(25)35-18-26(28)23-17-36-37(6)19-23/h7-12,17-19,21,27H,13-16,20H2,1-6H3,(H,34,35)/t27-/m1/s1. The molecule has 0 aliphatic carbocycles. The third-order valence-corrected chi connectivity index (χ3v) is 7.93. The minimum atomic E-state index is -0.646. The number of piperazine rings is 1. The van der Waals surface area contributed by atoms with E-state index in [0.717, 1.165) is 33.4 Å². The minimum absolute atomic E-state index is 0.0230. The van der Waals surface area contributed by atoms with Gasteiger partial charge in [-0.05, 0) is 58.4 Å². The van der Waals surface area contributed by atoms with E-state index >= 15 is 0 Å². The first kappa shape index (κ1) is 30.4. The van der Waals surface area contributed by atoms with Crippen molar-refractivity contribution in [3.8, 4) is 11.1 Å². The van der Waals surface area contributed by atoms with Crippen LogP contribution in [0.25, 0.3) is 22.2 Å². The smallest absolute Gasteiger partial charge is 0.410 e. The van der Waals surface area contributed by atoms with Gasteiger partial charge in [0.2, 0.25) is 5.91 Å². The molecule has 3 aromatic heterocycles.